The zero-order valence-corrected chi connectivity index (χ0v) is 24.9. The molecule has 7 rings (SSSR count). The molecule has 1 unspecified atom stereocenters. The van der Waals surface area contributed by atoms with Gasteiger partial charge in [-0.2, -0.15) is 0 Å². The Morgan fingerprint density at radius 3 is 2.33 bits per heavy atom. The summed E-state index contributed by atoms with van der Waals surface area (Å²) < 4.78 is 17.1. The van der Waals surface area contributed by atoms with Gasteiger partial charge in [-0.25, -0.2) is 9.37 Å². The molecule has 0 aliphatic carbocycles. The number of rotatable bonds is 6. The predicted molar refractivity (Wildman–Crippen MR) is 166 cm³/mol. The van der Waals surface area contributed by atoms with Crippen LogP contribution >= 0.6 is 11.6 Å². The molecule has 3 aliphatic heterocycles. The maximum Gasteiger partial charge on any atom is 0.258 e. The Labute approximate surface area is 252 Å². The van der Waals surface area contributed by atoms with Crippen molar-refractivity contribution in [2.24, 2.45) is 0 Å². The number of para-hydroxylation sites is 2. The van der Waals surface area contributed by atoms with E-state index in [0.29, 0.717) is 31.2 Å². The minimum Gasteiger partial charge on any atom is -0.338 e. The van der Waals surface area contributed by atoms with Crippen molar-refractivity contribution in [2.75, 3.05) is 19.6 Å². The van der Waals surface area contributed by atoms with Crippen molar-refractivity contribution in [1.29, 1.82) is 0 Å². The molecule has 3 fully saturated rings. The van der Waals surface area contributed by atoms with Crippen LogP contribution in [0.5, 0.6) is 0 Å². The monoisotopic (exact) mass is 584 g/mol. The molecule has 7 heteroatoms. The average Bonchev–Trinajstić information content (AvgIpc) is 3.47. The second-order valence-electron chi connectivity index (χ2n) is 12.6. The van der Waals surface area contributed by atoms with E-state index in [2.05, 4.69) is 71.0 Å². The lowest BCUT2D eigenvalue weighted by Gasteiger charge is -2.45. The molecule has 3 atom stereocenters. The van der Waals surface area contributed by atoms with Crippen LogP contribution in [0.2, 0.25) is 5.02 Å². The molecule has 2 bridgehead atoms. The van der Waals surface area contributed by atoms with Crippen molar-refractivity contribution >= 4 is 28.5 Å². The van der Waals surface area contributed by atoms with Crippen LogP contribution in [0.15, 0.2) is 72.8 Å². The molecule has 3 saturated heterocycles. The summed E-state index contributed by atoms with van der Waals surface area (Å²) in [5.74, 6) is 0.266. The Balaban J connectivity index is 1.07. The molecule has 218 valence electrons. The van der Waals surface area contributed by atoms with Crippen LogP contribution < -0.4 is 0 Å². The number of aryl methyl sites for hydroxylation is 1. The first kappa shape index (κ1) is 27.6. The number of hydrogen-bond acceptors (Lipinski definition) is 3. The maximum atomic E-state index is 14.6. The van der Waals surface area contributed by atoms with Gasteiger partial charge in [-0.05, 0) is 93.7 Å². The first-order valence-corrected chi connectivity index (χ1v) is 15.8. The Morgan fingerprint density at radius 2 is 1.62 bits per heavy atom. The third-order valence-corrected chi connectivity index (χ3v) is 10.7. The minimum absolute atomic E-state index is 0.00766. The van der Waals surface area contributed by atoms with Gasteiger partial charge in [0.05, 0.1) is 21.6 Å². The van der Waals surface area contributed by atoms with E-state index in [4.69, 9.17) is 16.6 Å². The third kappa shape index (κ3) is 4.83. The van der Waals surface area contributed by atoms with E-state index in [1.807, 2.05) is 0 Å². The Hall–Kier alpha value is -3.22. The SMILES string of the molecule is Cc1nc2ccccc2n1C1C[C@H]2CC[C@@H](C1)N2CCC1(c2ccccc2)CCN(C(=O)c2c(F)cccc2Cl)CC1. The van der Waals surface area contributed by atoms with Crippen LogP contribution in [-0.2, 0) is 5.41 Å². The van der Waals surface area contributed by atoms with E-state index in [0.717, 1.165) is 37.1 Å². The summed E-state index contributed by atoms with van der Waals surface area (Å²) in [6, 6.07) is 25.5. The number of piperidine rings is 2. The number of hydrogen-bond donors (Lipinski definition) is 0. The number of amides is 1. The molecular formula is C35H38ClFN4O. The van der Waals surface area contributed by atoms with Crippen molar-refractivity contribution in [2.45, 2.75) is 75.4 Å². The number of nitrogens with zero attached hydrogens (tertiary/aromatic N) is 4. The Morgan fingerprint density at radius 1 is 0.929 bits per heavy atom. The van der Waals surface area contributed by atoms with Crippen molar-refractivity contribution in [3.63, 3.8) is 0 Å². The van der Waals surface area contributed by atoms with Crippen molar-refractivity contribution in [3.8, 4) is 0 Å². The highest BCUT2D eigenvalue weighted by atomic mass is 35.5. The van der Waals surface area contributed by atoms with Crippen LogP contribution in [0.25, 0.3) is 11.0 Å². The highest BCUT2D eigenvalue weighted by molar-refractivity contribution is 6.33. The van der Waals surface area contributed by atoms with Crippen molar-refractivity contribution in [3.05, 3.63) is 101 Å². The summed E-state index contributed by atoms with van der Waals surface area (Å²) in [5, 5.41) is 0.178. The smallest absolute Gasteiger partial charge is 0.258 e. The van der Waals surface area contributed by atoms with E-state index >= 15 is 0 Å². The van der Waals surface area contributed by atoms with Gasteiger partial charge in [-0.3, -0.25) is 9.69 Å². The van der Waals surface area contributed by atoms with Crippen molar-refractivity contribution in [1.82, 2.24) is 19.4 Å². The fourth-order valence-corrected chi connectivity index (χ4v) is 8.51. The first-order chi connectivity index (χ1) is 20.4. The van der Waals surface area contributed by atoms with Gasteiger partial charge in [0.25, 0.3) is 5.91 Å². The Bertz CT molecular complexity index is 1560. The molecule has 42 heavy (non-hydrogen) atoms. The highest BCUT2D eigenvalue weighted by Gasteiger charge is 2.44. The maximum absolute atomic E-state index is 14.6. The fraction of sp³-hybridized carbons (Fsp3) is 0.429. The largest absolute Gasteiger partial charge is 0.338 e. The molecule has 3 aliphatic rings. The number of imidazole rings is 1. The molecule has 4 heterocycles. The molecule has 1 aromatic heterocycles. The molecule has 3 aromatic carbocycles. The van der Waals surface area contributed by atoms with Gasteiger partial charge in [0, 0.05) is 31.2 Å². The summed E-state index contributed by atoms with van der Waals surface area (Å²) >= 11 is 6.25. The average molecular weight is 585 g/mol. The zero-order chi connectivity index (χ0) is 28.8. The molecule has 1 amide bonds. The van der Waals surface area contributed by atoms with Gasteiger partial charge in [-0.1, -0.05) is 60.1 Å². The normalized spacial score (nSPS) is 23.9. The molecule has 5 nitrogen and oxygen atoms in total. The zero-order valence-electron chi connectivity index (χ0n) is 24.2. The first-order valence-electron chi connectivity index (χ1n) is 15.4. The van der Waals surface area contributed by atoms with Crippen LogP contribution in [0.3, 0.4) is 0 Å². The summed E-state index contributed by atoms with van der Waals surface area (Å²) in [6.07, 6.45) is 7.64. The standard InChI is InChI=1S/C35H38ClFN4O/c1-24-38-31-12-5-6-13-32(31)41(24)28-22-26-14-15-27(23-28)40(26)21-18-35(25-8-3-2-4-9-25)16-19-39(20-17-35)34(42)33-29(36)10-7-11-30(33)37/h2-13,26-28H,14-23H2,1H3/t26-,27+,28?. The topological polar surface area (TPSA) is 41.4 Å². The quantitative estimate of drug-likeness (QED) is 0.235. The summed E-state index contributed by atoms with van der Waals surface area (Å²) in [5.41, 5.74) is 3.69. The van der Waals surface area contributed by atoms with Crippen LogP contribution in [0.4, 0.5) is 4.39 Å². The summed E-state index contributed by atoms with van der Waals surface area (Å²) in [7, 11) is 0. The van der Waals surface area contributed by atoms with Gasteiger partial charge < -0.3 is 9.47 Å². The van der Waals surface area contributed by atoms with Gasteiger partial charge >= 0.3 is 0 Å². The van der Waals surface area contributed by atoms with Gasteiger partial charge in [0.15, 0.2) is 0 Å². The summed E-state index contributed by atoms with van der Waals surface area (Å²) in [6.45, 7) is 4.41. The number of aromatic nitrogens is 2. The lowest BCUT2D eigenvalue weighted by molar-refractivity contribution is 0.0603. The highest BCUT2D eigenvalue weighted by Crippen LogP contribution is 2.45. The second kappa shape index (κ2) is 11.1. The fourth-order valence-electron chi connectivity index (χ4n) is 8.26. The van der Waals surface area contributed by atoms with Crippen LogP contribution in [0.1, 0.15) is 72.7 Å². The number of carbonyl (C=O) groups excluding carboxylic acids is 1. The molecule has 0 saturated carbocycles. The van der Waals surface area contributed by atoms with E-state index in [1.165, 1.54) is 42.8 Å². The van der Waals surface area contributed by atoms with E-state index in [1.54, 1.807) is 17.0 Å². The second-order valence-corrected chi connectivity index (χ2v) is 13.0. The number of halogens is 2. The van der Waals surface area contributed by atoms with Gasteiger partial charge in [-0.15, -0.1) is 0 Å². The van der Waals surface area contributed by atoms with Gasteiger partial charge in [0.2, 0.25) is 0 Å². The van der Waals surface area contributed by atoms with E-state index in [-0.39, 0.29) is 21.9 Å². The van der Waals surface area contributed by atoms with E-state index < -0.39 is 5.82 Å². The minimum atomic E-state index is -0.551. The molecule has 0 radical (unpaired) electrons. The Kier molecular flexibility index (Phi) is 7.31. The van der Waals surface area contributed by atoms with Crippen LogP contribution in [0, 0.1) is 12.7 Å². The lowest BCUT2D eigenvalue weighted by Crippen LogP contribution is -2.49. The van der Waals surface area contributed by atoms with Crippen LogP contribution in [-0.4, -0.2) is 57.0 Å². The number of carbonyl (C=O) groups is 1. The lowest BCUT2D eigenvalue weighted by atomic mass is 9.70. The van der Waals surface area contributed by atoms with Crippen molar-refractivity contribution < 1.29 is 9.18 Å². The third-order valence-electron chi connectivity index (χ3n) is 10.4. The van der Waals surface area contributed by atoms with Gasteiger partial charge in [0.1, 0.15) is 11.6 Å². The predicted octanol–water partition coefficient (Wildman–Crippen LogP) is 7.57. The van der Waals surface area contributed by atoms with E-state index in [9.17, 15) is 9.18 Å². The number of likely N-dealkylation sites (tertiary alicyclic amines) is 1. The molecular weight excluding hydrogens is 547 g/mol. The molecule has 0 N–H and O–H groups in total. The summed E-state index contributed by atoms with van der Waals surface area (Å²) in [4.78, 5) is 22.8. The molecule has 0 spiro atoms. The number of benzene rings is 3. The molecule has 4 aromatic rings. The number of fused-ring (bicyclic) bond motifs is 3.